The Kier molecular flexibility index (Phi) is 6.48. The number of hydrogen-bond donors (Lipinski definition) is 2. The maximum atomic E-state index is 13.7. The molecular formula is C18H25F3N4O4S. The second-order valence-corrected chi connectivity index (χ2v) is 9.45. The Hall–Kier alpha value is -2.05. The monoisotopic (exact) mass is 450 g/mol. The first-order valence-corrected chi connectivity index (χ1v) is 11.4. The van der Waals surface area contributed by atoms with Gasteiger partial charge in [0.2, 0.25) is 10.0 Å². The normalized spacial score (nSPS) is 21.3. The van der Waals surface area contributed by atoms with Gasteiger partial charge in [0.05, 0.1) is 11.8 Å². The Bertz CT molecular complexity index is 886. The van der Waals surface area contributed by atoms with Crippen molar-refractivity contribution in [2.75, 3.05) is 50.4 Å². The fourth-order valence-electron chi connectivity index (χ4n) is 4.00. The Morgan fingerprint density at radius 2 is 1.87 bits per heavy atom. The van der Waals surface area contributed by atoms with Crippen LogP contribution in [0, 0.1) is 0 Å². The van der Waals surface area contributed by atoms with E-state index in [9.17, 15) is 26.4 Å². The van der Waals surface area contributed by atoms with Gasteiger partial charge in [0.15, 0.2) is 0 Å². The van der Waals surface area contributed by atoms with Gasteiger partial charge in [-0.3, -0.25) is 4.90 Å². The van der Waals surface area contributed by atoms with E-state index in [0.29, 0.717) is 31.7 Å². The van der Waals surface area contributed by atoms with Crippen molar-refractivity contribution in [3.05, 3.63) is 29.3 Å². The zero-order chi connectivity index (χ0) is 22.1. The molecule has 1 atom stereocenters. The molecule has 0 spiro atoms. The summed E-state index contributed by atoms with van der Waals surface area (Å²) < 4.78 is 66.7. The Morgan fingerprint density at radius 1 is 1.20 bits per heavy atom. The molecule has 1 aromatic carbocycles. The van der Waals surface area contributed by atoms with E-state index in [4.69, 9.17) is 5.11 Å². The van der Waals surface area contributed by atoms with Crippen molar-refractivity contribution in [2.24, 2.45) is 0 Å². The summed E-state index contributed by atoms with van der Waals surface area (Å²) in [5.41, 5.74) is -0.155. The number of nitrogens with zero attached hydrogens (tertiary/aromatic N) is 3. The molecule has 30 heavy (non-hydrogen) atoms. The predicted octanol–water partition coefficient (Wildman–Crippen LogP) is 1.63. The van der Waals surface area contributed by atoms with Crippen LogP contribution in [-0.2, 0) is 22.7 Å². The number of halogens is 3. The van der Waals surface area contributed by atoms with Crippen LogP contribution in [0.4, 0.5) is 23.7 Å². The summed E-state index contributed by atoms with van der Waals surface area (Å²) in [6.45, 7) is 1.93. The number of alkyl halides is 3. The van der Waals surface area contributed by atoms with Crippen molar-refractivity contribution in [2.45, 2.75) is 25.2 Å². The van der Waals surface area contributed by atoms with Crippen molar-refractivity contribution in [3.8, 4) is 0 Å². The first-order chi connectivity index (χ1) is 13.9. The maximum absolute atomic E-state index is 13.7. The molecule has 2 heterocycles. The van der Waals surface area contributed by atoms with E-state index in [1.165, 1.54) is 11.0 Å². The van der Waals surface area contributed by atoms with E-state index in [0.717, 1.165) is 12.3 Å². The molecule has 2 aliphatic heterocycles. The number of sulfonamides is 1. The molecule has 0 saturated carbocycles. The van der Waals surface area contributed by atoms with Crippen LogP contribution < -0.4 is 9.62 Å². The van der Waals surface area contributed by atoms with Crippen LogP contribution in [0.3, 0.4) is 0 Å². The third-order valence-electron chi connectivity index (χ3n) is 5.39. The first-order valence-electron chi connectivity index (χ1n) is 9.55. The molecule has 1 aromatic rings. The SMILES string of the molecule is CS(=O)(=O)N[C@H]1CCN(c2cccc(C(F)(F)F)c2CN2CCN(C(=O)O)CC2)C1. The van der Waals surface area contributed by atoms with Crippen molar-refractivity contribution in [1.29, 1.82) is 0 Å². The molecule has 12 heteroatoms. The topological polar surface area (TPSA) is 93.2 Å². The summed E-state index contributed by atoms with van der Waals surface area (Å²) in [5.74, 6) is 0. The van der Waals surface area contributed by atoms with E-state index in [2.05, 4.69) is 4.72 Å². The highest BCUT2D eigenvalue weighted by molar-refractivity contribution is 7.88. The highest BCUT2D eigenvalue weighted by Crippen LogP contribution is 2.38. The fraction of sp³-hybridized carbons (Fsp3) is 0.611. The van der Waals surface area contributed by atoms with E-state index < -0.39 is 27.9 Å². The molecule has 0 unspecified atom stereocenters. The smallest absolute Gasteiger partial charge is 0.416 e. The summed E-state index contributed by atoms with van der Waals surface area (Å²) in [6.07, 6.45) is -4.01. The van der Waals surface area contributed by atoms with Crippen LogP contribution in [0.5, 0.6) is 0 Å². The Labute approximate surface area is 173 Å². The molecule has 2 aliphatic rings. The summed E-state index contributed by atoms with van der Waals surface area (Å²) in [5, 5.41) is 9.06. The van der Waals surface area contributed by atoms with Crippen LogP contribution in [-0.4, -0.2) is 81.0 Å². The lowest BCUT2D eigenvalue weighted by atomic mass is 10.0. The average molecular weight is 450 g/mol. The van der Waals surface area contributed by atoms with Crippen LogP contribution in [0.2, 0.25) is 0 Å². The van der Waals surface area contributed by atoms with E-state index in [1.54, 1.807) is 11.0 Å². The molecule has 0 radical (unpaired) electrons. The van der Waals surface area contributed by atoms with Gasteiger partial charge in [-0.1, -0.05) is 6.07 Å². The quantitative estimate of drug-likeness (QED) is 0.709. The molecule has 0 aromatic heterocycles. The summed E-state index contributed by atoms with van der Waals surface area (Å²) in [6, 6.07) is 3.68. The number of carbonyl (C=O) groups is 1. The number of nitrogens with one attached hydrogen (secondary N) is 1. The zero-order valence-corrected chi connectivity index (χ0v) is 17.3. The molecule has 3 rings (SSSR count). The van der Waals surface area contributed by atoms with Gasteiger partial charge in [-0.15, -0.1) is 0 Å². The van der Waals surface area contributed by atoms with E-state index in [-0.39, 0.29) is 37.8 Å². The van der Waals surface area contributed by atoms with Crippen molar-refractivity contribution >= 4 is 21.8 Å². The van der Waals surface area contributed by atoms with Crippen LogP contribution >= 0.6 is 0 Å². The molecule has 8 nitrogen and oxygen atoms in total. The predicted molar refractivity (Wildman–Crippen MR) is 105 cm³/mol. The van der Waals surface area contributed by atoms with Gasteiger partial charge < -0.3 is 14.9 Å². The molecule has 2 saturated heterocycles. The van der Waals surface area contributed by atoms with E-state index >= 15 is 0 Å². The number of benzene rings is 1. The first kappa shape index (κ1) is 22.6. The molecule has 1 amide bonds. The third-order valence-corrected chi connectivity index (χ3v) is 6.15. The lowest BCUT2D eigenvalue weighted by Gasteiger charge is -2.35. The number of carboxylic acid groups (broad SMARTS) is 1. The van der Waals surface area contributed by atoms with Gasteiger partial charge in [0.25, 0.3) is 0 Å². The summed E-state index contributed by atoms with van der Waals surface area (Å²) >= 11 is 0. The molecule has 2 N–H and O–H groups in total. The van der Waals surface area contributed by atoms with Gasteiger partial charge in [-0.2, -0.15) is 13.2 Å². The standard InChI is InChI=1S/C18H25F3N4O4S/c1-30(28,29)22-13-5-6-25(11-13)16-4-2-3-15(18(19,20)21)14(16)12-23-7-9-24(10-8-23)17(26)27/h2-4,13,22H,5-12H2,1H3,(H,26,27)/t13-/m0/s1. The maximum Gasteiger partial charge on any atom is 0.416 e. The van der Waals surface area contributed by atoms with Crippen molar-refractivity contribution in [1.82, 2.24) is 14.5 Å². The minimum atomic E-state index is -4.53. The fourth-order valence-corrected chi connectivity index (χ4v) is 4.80. The zero-order valence-electron chi connectivity index (χ0n) is 16.5. The van der Waals surface area contributed by atoms with Crippen LogP contribution in [0.1, 0.15) is 17.5 Å². The molecule has 0 bridgehead atoms. The Morgan fingerprint density at radius 3 is 2.43 bits per heavy atom. The van der Waals surface area contributed by atoms with Gasteiger partial charge in [-0.05, 0) is 18.6 Å². The molecule has 2 fully saturated rings. The number of amides is 1. The highest BCUT2D eigenvalue weighted by Gasteiger charge is 2.37. The lowest BCUT2D eigenvalue weighted by Crippen LogP contribution is -2.48. The largest absolute Gasteiger partial charge is 0.465 e. The summed E-state index contributed by atoms with van der Waals surface area (Å²) in [4.78, 5) is 15.9. The van der Waals surface area contributed by atoms with Gasteiger partial charge >= 0.3 is 12.3 Å². The second kappa shape index (κ2) is 8.60. The second-order valence-electron chi connectivity index (χ2n) is 7.67. The number of hydrogen-bond acceptors (Lipinski definition) is 5. The molecular weight excluding hydrogens is 425 g/mol. The minimum Gasteiger partial charge on any atom is -0.465 e. The third kappa shape index (κ3) is 5.55. The van der Waals surface area contributed by atoms with E-state index in [1.807, 2.05) is 4.90 Å². The van der Waals surface area contributed by atoms with Gasteiger partial charge in [-0.25, -0.2) is 17.9 Å². The minimum absolute atomic E-state index is 0.0408. The number of anilines is 1. The summed E-state index contributed by atoms with van der Waals surface area (Å²) in [7, 11) is -3.41. The molecule has 168 valence electrons. The lowest BCUT2D eigenvalue weighted by molar-refractivity contribution is -0.138. The number of rotatable bonds is 5. The molecule has 0 aliphatic carbocycles. The average Bonchev–Trinajstić information content (AvgIpc) is 3.07. The van der Waals surface area contributed by atoms with Crippen LogP contribution in [0.25, 0.3) is 0 Å². The van der Waals surface area contributed by atoms with Crippen molar-refractivity contribution in [3.63, 3.8) is 0 Å². The Balaban J connectivity index is 1.83. The van der Waals surface area contributed by atoms with Gasteiger partial charge in [0.1, 0.15) is 0 Å². The van der Waals surface area contributed by atoms with Gasteiger partial charge in [0, 0.05) is 63.1 Å². The number of piperazine rings is 1. The highest BCUT2D eigenvalue weighted by atomic mass is 32.2. The van der Waals surface area contributed by atoms with Crippen molar-refractivity contribution < 1.29 is 31.5 Å². The van der Waals surface area contributed by atoms with Crippen LogP contribution in [0.15, 0.2) is 18.2 Å².